The maximum Gasteiger partial charge on any atom is 0.290 e. The number of nitro groups is 1. The van der Waals surface area contributed by atoms with Gasteiger partial charge in [-0.25, -0.2) is 0 Å². The van der Waals surface area contributed by atoms with Gasteiger partial charge in [-0.2, -0.15) is 0 Å². The van der Waals surface area contributed by atoms with Crippen molar-refractivity contribution in [2.24, 2.45) is 0 Å². The fourth-order valence-electron chi connectivity index (χ4n) is 0.675. The minimum atomic E-state index is -0.584. The molecule has 0 atom stereocenters. The van der Waals surface area contributed by atoms with Crippen molar-refractivity contribution in [2.45, 2.75) is 0 Å². The molecule has 0 aliphatic carbocycles. The second-order valence-corrected chi connectivity index (χ2v) is 3.65. The third kappa shape index (κ3) is 1.88. The average molecular weight is 271 g/mol. The molecule has 0 N–H and O–H groups in total. The van der Waals surface area contributed by atoms with Crippen LogP contribution in [-0.4, -0.2) is 4.92 Å². The van der Waals surface area contributed by atoms with E-state index in [2.05, 4.69) is 15.9 Å². The molecule has 0 bridgehead atoms. The summed E-state index contributed by atoms with van der Waals surface area (Å²) < 4.78 is 0.420. The monoisotopic (exact) mass is 269 g/mol. The molecule has 0 saturated heterocycles. The molecule has 0 radical (unpaired) electrons. The molecule has 0 aliphatic rings. The molecule has 0 aromatic heterocycles. The number of hydrogen-bond donors (Lipinski definition) is 0. The Hall–Kier alpha value is -0.320. The van der Waals surface area contributed by atoms with Crippen molar-refractivity contribution in [2.75, 3.05) is 0 Å². The standard InChI is InChI=1S/C6H2BrCl2NO2/c7-4-1-3(8)2-5(6(4)9)10(11)12/h1-2H. The quantitative estimate of drug-likeness (QED) is 0.444. The SMILES string of the molecule is O=[N+]([O-])c1cc(Cl)cc(Br)c1Cl. The molecule has 0 amide bonds. The van der Waals surface area contributed by atoms with Crippen LogP contribution in [0.3, 0.4) is 0 Å². The lowest BCUT2D eigenvalue weighted by atomic mass is 10.3. The molecule has 1 rings (SSSR count). The first-order chi connectivity index (χ1) is 5.52. The van der Waals surface area contributed by atoms with Crippen molar-refractivity contribution in [1.82, 2.24) is 0 Å². The lowest BCUT2D eigenvalue weighted by Crippen LogP contribution is -1.89. The van der Waals surface area contributed by atoms with Gasteiger partial charge in [0.15, 0.2) is 0 Å². The van der Waals surface area contributed by atoms with Gasteiger partial charge in [0.05, 0.1) is 4.92 Å². The van der Waals surface area contributed by atoms with Crippen LogP contribution in [0.15, 0.2) is 16.6 Å². The Kier molecular flexibility index (Phi) is 2.93. The molecule has 0 saturated carbocycles. The summed E-state index contributed by atoms with van der Waals surface area (Å²) in [5, 5.41) is 10.7. The van der Waals surface area contributed by atoms with Gasteiger partial charge in [0.25, 0.3) is 5.69 Å². The summed E-state index contributed by atoms with van der Waals surface area (Å²) in [5.41, 5.74) is -0.198. The van der Waals surface area contributed by atoms with Crippen molar-refractivity contribution in [3.8, 4) is 0 Å². The van der Waals surface area contributed by atoms with Crippen molar-refractivity contribution >= 4 is 44.8 Å². The predicted molar refractivity (Wildman–Crippen MR) is 50.8 cm³/mol. The zero-order chi connectivity index (χ0) is 9.30. The first-order valence-corrected chi connectivity index (χ1v) is 4.36. The van der Waals surface area contributed by atoms with Gasteiger partial charge in [-0.3, -0.25) is 10.1 Å². The summed E-state index contributed by atoms with van der Waals surface area (Å²) in [6.07, 6.45) is 0. The van der Waals surface area contributed by atoms with Gasteiger partial charge in [-0.15, -0.1) is 0 Å². The molecule has 12 heavy (non-hydrogen) atoms. The topological polar surface area (TPSA) is 43.1 Å². The van der Waals surface area contributed by atoms with Crippen molar-refractivity contribution < 1.29 is 4.92 Å². The van der Waals surface area contributed by atoms with Gasteiger partial charge in [-0.05, 0) is 22.0 Å². The molecule has 6 heteroatoms. The van der Waals surface area contributed by atoms with Crippen LogP contribution in [0.5, 0.6) is 0 Å². The Labute approximate surface area is 86.6 Å². The molecule has 1 aromatic rings. The third-order valence-corrected chi connectivity index (χ3v) is 2.64. The van der Waals surface area contributed by atoms with Crippen molar-refractivity contribution in [3.63, 3.8) is 0 Å². The van der Waals surface area contributed by atoms with E-state index in [0.717, 1.165) is 0 Å². The normalized spacial score (nSPS) is 9.92. The molecule has 3 nitrogen and oxygen atoms in total. The molecule has 1 aromatic carbocycles. The highest BCUT2D eigenvalue weighted by molar-refractivity contribution is 9.10. The van der Waals surface area contributed by atoms with E-state index in [9.17, 15) is 10.1 Å². The fourth-order valence-corrected chi connectivity index (χ4v) is 1.65. The third-order valence-electron chi connectivity index (χ3n) is 1.17. The van der Waals surface area contributed by atoms with Gasteiger partial charge < -0.3 is 0 Å². The molecule has 0 fully saturated rings. The van der Waals surface area contributed by atoms with Gasteiger partial charge in [-0.1, -0.05) is 23.2 Å². The zero-order valence-electron chi connectivity index (χ0n) is 5.55. The Morgan fingerprint density at radius 2 is 2.00 bits per heavy atom. The number of nitrogens with zero attached hydrogens (tertiary/aromatic N) is 1. The van der Waals surface area contributed by atoms with Crippen LogP contribution in [0.4, 0.5) is 5.69 Å². The van der Waals surface area contributed by atoms with E-state index in [0.29, 0.717) is 4.47 Å². The average Bonchev–Trinajstić information content (AvgIpc) is 1.96. The van der Waals surface area contributed by atoms with Crippen molar-refractivity contribution in [1.29, 1.82) is 0 Å². The number of halogens is 3. The number of nitro benzene ring substituents is 1. The highest BCUT2D eigenvalue weighted by Crippen LogP contribution is 2.34. The van der Waals surface area contributed by atoms with Crippen LogP contribution in [-0.2, 0) is 0 Å². The highest BCUT2D eigenvalue weighted by atomic mass is 79.9. The first kappa shape index (κ1) is 9.77. The molecule has 0 heterocycles. The van der Waals surface area contributed by atoms with Gasteiger partial charge >= 0.3 is 0 Å². The highest BCUT2D eigenvalue weighted by Gasteiger charge is 2.15. The maximum atomic E-state index is 10.4. The van der Waals surface area contributed by atoms with Crippen LogP contribution in [0.25, 0.3) is 0 Å². The summed E-state index contributed by atoms with van der Waals surface area (Å²) in [6.45, 7) is 0. The van der Waals surface area contributed by atoms with E-state index in [1.165, 1.54) is 12.1 Å². The van der Waals surface area contributed by atoms with E-state index in [1.807, 2.05) is 0 Å². The van der Waals surface area contributed by atoms with Crippen LogP contribution in [0.2, 0.25) is 10.0 Å². The lowest BCUT2D eigenvalue weighted by molar-refractivity contribution is -0.384. The maximum absolute atomic E-state index is 10.4. The molecule has 64 valence electrons. The smallest absolute Gasteiger partial charge is 0.258 e. The van der Waals surface area contributed by atoms with Crippen LogP contribution < -0.4 is 0 Å². The zero-order valence-corrected chi connectivity index (χ0v) is 8.65. The van der Waals surface area contributed by atoms with Crippen LogP contribution >= 0.6 is 39.1 Å². The number of rotatable bonds is 1. The largest absolute Gasteiger partial charge is 0.290 e. The lowest BCUT2D eigenvalue weighted by Gasteiger charge is -1.97. The van der Waals surface area contributed by atoms with E-state index in [1.54, 1.807) is 0 Å². The fraction of sp³-hybridized carbons (Fsp3) is 0. The summed E-state index contributed by atoms with van der Waals surface area (Å²) in [5.74, 6) is 0. The van der Waals surface area contributed by atoms with Gasteiger partial charge in [0.2, 0.25) is 0 Å². The molecular weight excluding hydrogens is 269 g/mol. The van der Waals surface area contributed by atoms with E-state index < -0.39 is 4.92 Å². The van der Waals surface area contributed by atoms with Gasteiger partial charge in [0, 0.05) is 15.6 Å². The second kappa shape index (κ2) is 3.60. The molecule has 0 spiro atoms. The van der Waals surface area contributed by atoms with E-state index >= 15 is 0 Å². The minimum Gasteiger partial charge on any atom is -0.258 e. The molecular formula is C6H2BrCl2NO2. The van der Waals surface area contributed by atoms with Crippen LogP contribution in [0, 0.1) is 10.1 Å². The Bertz CT molecular complexity index is 343. The summed E-state index contributed by atoms with van der Waals surface area (Å²) in [6, 6.07) is 2.70. The molecule has 0 aliphatic heterocycles. The Morgan fingerprint density at radius 1 is 1.42 bits per heavy atom. The molecule has 0 unspecified atom stereocenters. The summed E-state index contributed by atoms with van der Waals surface area (Å²) in [4.78, 5) is 9.78. The van der Waals surface area contributed by atoms with Crippen molar-refractivity contribution in [3.05, 3.63) is 36.8 Å². The summed E-state index contributed by atoms with van der Waals surface area (Å²) in [7, 11) is 0. The first-order valence-electron chi connectivity index (χ1n) is 2.81. The predicted octanol–water partition coefficient (Wildman–Crippen LogP) is 3.66. The van der Waals surface area contributed by atoms with E-state index in [-0.39, 0.29) is 15.7 Å². The summed E-state index contributed by atoms with van der Waals surface area (Å²) >= 11 is 14.2. The number of benzene rings is 1. The minimum absolute atomic E-state index is 0.0596. The number of hydrogen-bond acceptors (Lipinski definition) is 2. The van der Waals surface area contributed by atoms with Crippen LogP contribution in [0.1, 0.15) is 0 Å². The van der Waals surface area contributed by atoms with Gasteiger partial charge in [0.1, 0.15) is 5.02 Å². The van der Waals surface area contributed by atoms with E-state index in [4.69, 9.17) is 23.2 Å². The Balaban J connectivity index is 3.37. The Morgan fingerprint density at radius 3 is 2.50 bits per heavy atom. The second-order valence-electron chi connectivity index (χ2n) is 1.98.